The van der Waals surface area contributed by atoms with Crippen molar-refractivity contribution in [1.29, 1.82) is 0 Å². The minimum atomic E-state index is 1.08. The normalized spacial score (nSPS) is 11.8. The first kappa shape index (κ1) is 24.9. The summed E-state index contributed by atoms with van der Waals surface area (Å²) < 4.78 is 6.16. The number of thiophene rings is 1. The molecule has 0 N–H and O–H groups in total. The van der Waals surface area contributed by atoms with Gasteiger partial charge >= 0.3 is 0 Å². The van der Waals surface area contributed by atoms with Crippen LogP contribution in [0.5, 0.6) is 0 Å². The van der Waals surface area contributed by atoms with Crippen LogP contribution in [0.3, 0.4) is 0 Å². The van der Waals surface area contributed by atoms with Crippen molar-refractivity contribution in [1.82, 2.24) is 4.57 Å². The second kappa shape index (κ2) is 9.67. The molecule has 1 nitrogen and oxygen atoms in total. The maximum atomic E-state index is 3.83. The molecule has 7 aromatic carbocycles. The number of para-hydroxylation sites is 1. The zero-order chi connectivity index (χ0) is 28.5. The summed E-state index contributed by atoms with van der Waals surface area (Å²) in [6, 6.07) is 53.2. The van der Waals surface area contributed by atoms with E-state index in [4.69, 9.17) is 0 Å². The topological polar surface area (TPSA) is 4.93 Å². The van der Waals surface area contributed by atoms with Gasteiger partial charge in [-0.3, -0.25) is 0 Å². The maximum Gasteiger partial charge on any atom is 0.0541 e. The fourth-order valence-electron chi connectivity index (χ4n) is 6.64. The van der Waals surface area contributed by atoms with Gasteiger partial charge in [-0.2, -0.15) is 0 Å². The second-order valence-electron chi connectivity index (χ2n) is 11.1. The Balaban J connectivity index is 1.22. The van der Waals surface area contributed by atoms with Crippen molar-refractivity contribution in [2.75, 3.05) is 0 Å². The standard InChI is InChI=1S/C40H24BrNS/c41-30-21-28(20-29(22-30)27-17-19-40-35(24-27)33-12-4-6-15-39(33)43-40)26-16-18-38-34(23-26)32-11-3-5-13-37(32)42(38)36-14-7-9-25-8-1-2-10-31(25)36/h1-24H. The van der Waals surface area contributed by atoms with Crippen molar-refractivity contribution in [3.63, 3.8) is 0 Å². The molecule has 0 aliphatic heterocycles. The minimum Gasteiger partial charge on any atom is -0.309 e. The smallest absolute Gasteiger partial charge is 0.0541 e. The van der Waals surface area contributed by atoms with E-state index in [0.717, 1.165) is 4.47 Å². The average Bonchev–Trinajstić information content (AvgIpc) is 3.59. The first-order valence-corrected chi connectivity index (χ1v) is 16.1. The quantitative estimate of drug-likeness (QED) is 0.183. The van der Waals surface area contributed by atoms with E-state index in [1.54, 1.807) is 0 Å². The van der Waals surface area contributed by atoms with Crippen molar-refractivity contribution in [3.8, 4) is 27.9 Å². The van der Waals surface area contributed by atoms with Crippen LogP contribution in [0, 0.1) is 0 Å². The predicted octanol–water partition coefficient (Wildman–Crippen LogP) is 12.4. The molecular formula is C40H24BrNS. The molecule has 0 atom stereocenters. The van der Waals surface area contributed by atoms with Gasteiger partial charge < -0.3 is 4.57 Å². The molecule has 0 saturated heterocycles. The van der Waals surface area contributed by atoms with Gasteiger partial charge in [0.1, 0.15) is 0 Å². The van der Waals surface area contributed by atoms with Gasteiger partial charge in [0.25, 0.3) is 0 Å². The van der Waals surface area contributed by atoms with Gasteiger partial charge in [0.15, 0.2) is 0 Å². The predicted molar refractivity (Wildman–Crippen MR) is 190 cm³/mol. The van der Waals surface area contributed by atoms with Crippen molar-refractivity contribution in [2.45, 2.75) is 0 Å². The third-order valence-corrected chi connectivity index (χ3v) is 10.2. The lowest BCUT2D eigenvalue weighted by Gasteiger charge is -2.12. The van der Waals surface area contributed by atoms with Crippen LogP contribution in [0.1, 0.15) is 0 Å². The van der Waals surface area contributed by atoms with Gasteiger partial charge in [-0.25, -0.2) is 0 Å². The van der Waals surface area contributed by atoms with Gasteiger partial charge in [0.2, 0.25) is 0 Å². The number of rotatable bonds is 3. The summed E-state index contributed by atoms with van der Waals surface area (Å²) in [4.78, 5) is 0. The molecular weight excluding hydrogens is 606 g/mol. The van der Waals surface area contributed by atoms with E-state index in [1.165, 1.54) is 80.7 Å². The summed E-state index contributed by atoms with van der Waals surface area (Å²) in [6.07, 6.45) is 0. The van der Waals surface area contributed by atoms with Crippen molar-refractivity contribution < 1.29 is 0 Å². The molecule has 0 radical (unpaired) electrons. The maximum absolute atomic E-state index is 3.83. The first-order chi connectivity index (χ1) is 21.2. The third-order valence-electron chi connectivity index (χ3n) is 8.62. The highest BCUT2D eigenvalue weighted by Gasteiger charge is 2.15. The van der Waals surface area contributed by atoms with Crippen LogP contribution in [-0.2, 0) is 0 Å². The third kappa shape index (κ3) is 3.96. The summed E-state index contributed by atoms with van der Waals surface area (Å²) in [5.74, 6) is 0. The summed E-state index contributed by atoms with van der Waals surface area (Å²) in [5.41, 5.74) is 8.48. The molecule has 0 spiro atoms. The second-order valence-corrected chi connectivity index (χ2v) is 13.1. The van der Waals surface area contributed by atoms with Crippen LogP contribution >= 0.6 is 27.3 Å². The summed E-state index contributed by atoms with van der Waals surface area (Å²) >= 11 is 5.69. The zero-order valence-corrected chi connectivity index (χ0v) is 25.5. The van der Waals surface area contributed by atoms with E-state index >= 15 is 0 Å². The molecule has 3 heteroatoms. The number of fused-ring (bicyclic) bond motifs is 7. The van der Waals surface area contributed by atoms with Crippen LogP contribution < -0.4 is 0 Å². The largest absolute Gasteiger partial charge is 0.309 e. The van der Waals surface area contributed by atoms with Gasteiger partial charge in [-0.15, -0.1) is 11.3 Å². The van der Waals surface area contributed by atoms with E-state index in [1.807, 2.05) is 11.3 Å². The van der Waals surface area contributed by atoms with E-state index in [9.17, 15) is 0 Å². The Hall–Kier alpha value is -4.70. The number of hydrogen-bond donors (Lipinski definition) is 0. The highest BCUT2D eigenvalue weighted by Crippen LogP contribution is 2.40. The number of benzene rings is 7. The molecule has 0 aliphatic carbocycles. The van der Waals surface area contributed by atoms with Crippen LogP contribution in [0.15, 0.2) is 150 Å². The summed E-state index contributed by atoms with van der Waals surface area (Å²) in [6.45, 7) is 0. The first-order valence-electron chi connectivity index (χ1n) is 14.5. The highest BCUT2D eigenvalue weighted by atomic mass is 79.9. The van der Waals surface area contributed by atoms with Crippen LogP contribution in [0.2, 0.25) is 0 Å². The molecule has 43 heavy (non-hydrogen) atoms. The number of aromatic nitrogens is 1. The zero-order valence-electron chi connectivity index (χ0n) is 23.1. The fourth-order valence-corrected chi connectivity index (χ4v) is 8.22. The Labute approximate surface area is 261 Å². The lowest BCUT2D eigenvalue weighted by atomic mass is 9.97. The Morgan fingerprint density at radius 1 is 0.419 bits per heavy atom. The number of nitrogens with zero attached hydrogens (tertiary/aromatic N) is 1. The van der Waals surface area contributed by atoms with Crippen LogP contribution in [-0.4, -0.2) is 4.57 Å². The van der Waals surface area contributed by atoms with Crippen LogP contribution in [0.4, 0.5) is 0 Å². The Kier molecular flexibility index (Phi) is 5.59. The molecule has 0 saturated carbocycles. The molecule has 202 valence electrons. The Bertz CT molecular complexity index is 2530. The Morgan fingerprint density at radius 3 is 1.91 bits per heavy atom. The molecule has 0 fully saturated rings. The molecule has 0 aliphatic rings. The number of halogens is 1. The van der Waals surface area contributed by atoms with Gasteiger partial charge in [0.05, 0.1) is 16.7 Å². The Morgan fingerprint density at radius 2 is 1.05 bits per heavy atom. The summed E-state index contributed by atoms with van der Waals surface area (Å²) in [7, 11) is 0. The van der Waals surface area contributed by atoms with Crippen molar-refractivity contribution >= 4 is 80.0 Å². The monoisotopic (exact) mass is 629 g/mol. The van der Waals surface area contributed by atoms with E-state index in [-0.39, 0.29) is 0 Å². The van der Waals surface area contributed by atoms with Crippen molar-refractivity contribution in [2.24, 2.45) is 0 Å². The van der Waals surface area contributed by atoms with E-state index in [2.05, 4.69) is 166 Å². The lowest BCUT2D eigenvalue weighted by molar-refractivity contribution is 1.20. The molecule has 9 aromatic rings. The van der Waals surface area contributed by atoms with Crippen LogP contribution in [0.25, 0.3) is 80.7 Å². The molecule has 0 bridgehead atoms. The van der Waals surface area contributed by atoms with E-state index < -0.39 is 0 Å². The number of hydrogen-bond acceptors (Lipinski definition) is 1. The minimum absolute atomic E-state index is 1.08. The molecule has 2 heterocycles. The lowest BCUT2D eigenvalue weighted by Crippen LogP contribution is -1.95. The molecule has 0 unspecified atom stereocenters. The molecule has 9 rings (SSSR count). The van der Waals surface area contributed by atoms with E-state index in [0.29, 0.717) is 0 Å². The highest BCUT2D eigenvalue weighted by molar-refractivity contribution is 9.10. The van der Waals surface area contributed by atoms with Gasteiger partial charge in [-0.05, 0) is 88.3 Å². The molecule has 2 aromatic heterocycles. The van der Waals surface area contributed by atoms with Gasteiger partial charge in [0, 0.05) is 40.8 Å². The average molecular weight is 631 g/mol. The van der Waals surface area contributed by atoms with Gasteiger partial charge in [-0.1, -0.05) is 101 Å². The van der Waals surface area contributed by atoms with Crippen molar-refractivity contribution in [3.05, 3.63) is 150 Å². The molecule has 0 amide bonds. The SMILES string of the molecule is Brc1cc(-c2ccc3sc4ccccc4c3c2)cc(-c2ccc3c(c2)c2ccccc2n3-c2cccc3ccccc23)c1. The fraction of sp³-hybridized carbons (Fsp3) is 0. The summed E-state index contributed by atoms with van der Waals surface area (Å²) in [5, 5.41) is 7.67.